The summed E-state index contributed by atoms with van der Waals surface area (Å²) in [5.74, 6) is 0.827. The largest absolute Gasteiger partial charge is 0.493 e. The predicted molar refractivity (Wildman–Crippen MR) is 124 cm³/mol. The van der Waals surface area contributed by atoms with Gasteiger partial charge in [-0.3, -0.25) is 0 Å². The lowest BCUT2D eigenvalue weighted by atomic mass is 10.1. The van der Waals surface area contributed by atoms with Gasteiger partial charge in [0.05, 0.1) is 31.4 Å². The topological polar surface area (TPSA) is 66.4 Å². The van der Waals surface area contributed by atoms with Gasteiger partial charge in [-0.2, -0.15) is 0 Å². The zero-order valence-corrected chi connectivity index (χ0v) is 19.5. The van der Waals surface area contributed by atoms with Crippen LogP contribution < -0.4 is 14.2 Å². The summed E-state index contributed by atoms with van der Waals surface area (Å²) >= 11 is 20.1. The molecule has 31 heavy (non-hydrogen) atoms. The van der Waals surface area contributed by atoms with Crippen molar-refractivity contribution < 1.29 is 23.7 Å². The van der Waals surface area contributed by atoms with Crippen molar-refractivity contribution in [1.29, 1.82) is 0 Å². The summed E-state index contributed by atoms with van der Waals surface area (Å²) in [7, 11) is 4.53. The second kappa shape index (κ2) is 8.59. The molecule has 1 aromatic heterocycles. The van der Waals surface area contributed by atoms with Crippen LogP contribution in [0.2, 0.25) is 15.1 Å². The molecule has 2 heterocycles. The minimum Gasteiger partial charge on any atom is -0.493 e. The van der Waals surface area contributed by atoms with E-state index in [9.17, 15) is 4.79 Å². The highest BCUT2D eigenvalue weighted by Crippen LogP contribution is 2.43. The summed E-state index contributed by atoms with van der Waals surface area (Å²) in [5, 5.41) is 1.87. The number of ether oxygens (including phenoxy) is 4. The number of fused-ring (bicyclic) bond motifs is 1. The van der Waals surface area contributed by atoms with Crippen LogP contribution in [0.1, 0.15) is 10.4 Å². The third-order valence-corrected chi connectivity index (χ3v) is 6.59. The van der Waals surface area contributed by atoms with Gasteiger partial charge in [0, 0.05) is 15.1 Å². The number of benzene rings is 2. The molecule has 160 valence electrons. The summed E-state index contributed by atoms with van der Waals surface area (Å²) in [6.07, 6.45) is 1.56. The van der Waals surface area contributed by atoms with Gasteiger partial charge in [-0.15, -0.1) is 11.3 Å². The van der Waals surface area contributed by atoms with Crippen molar-refractivity contribution in [2.45, 2.75) is 0 Å². The molecule has 1 aliphatic rings. The average molecular weight is 499 g/mol. The standard InChI is InChI=1S/C21H14Cl3NO5S/c1-27-13-5-9(6-14(28-2)18(13)29-3)4-12-21(26)30-20(25-12)19-17(24)16-11(23)7-10(22)8-15(16)31-19/h4-8H,1-3H3/b12-4-. The Morgan fingerprint density at radius 3 is 2.29 bits per heavy atom. The van der Waals surface area contributed by atoms with Crippen LogP contribution in [0.25, 0.3) is 16.2 Å². The first-order chi connectivity index (χ1) is 14.9. The molecule has 4 rings (SSSR count). The van der Waals surface area contributed by atoms with Gasteiger partial charge in [0.1, 0.15) is 4.88 Å². The molecule has 0 radical (unpaired) electrons. The number of thiophene rings is 1. The molecule has 0 amide bonds. The normalized spacial score (nSPS) is 14.7. The molecule has 0 bridgehead atoms. The van der Waals surface area contributed by atoms with E-state index in [1.54, 1.807) is 30.3 Å². The maximum atomic E-state index is 12.5. The van der Waals surface area contributed by atoms with E-state index in [2.05, 4.69) is 4.99 Å². The third-order valence-electron chi connectivity index (χ3n) is 4.45. The molecule has 0 saturated carbocycles. The summed E-state index contributed by atoms with van der Waals surface area (Å²) in [6, 6.07) is 6.74. The lowest BCUT2D eigenvalue weighted by Crippen LogP contribution is -2.04. The van der Waals surface area contributed by atoms with Crippen molar-refractivity contribution in [2.24, 2.45) is 4.99 Å². The zero-order valence-electron chi connectivity index (χ0n) is 16.4. The molecule has 10 heteroatoms. The van der Waals surface area contributed by atoms with Crippen LogP contribution in [-0.4, -0.2) is 33.2 Å². The Kier molecular flexibility index (Phi) is 6.03. The third kappa shape index (κ3) is 3.94. The number of hydrogen-bond acceptors (Lipinski definition) is 7. The van der Waals surface area contributed by atoms with Crippen molar-refractivity contribution in [1.82, 2.24) is 0 Å². The van der Waals surface area contributed by atoms with E-state index in [1.165, 1.54) is 32.7 Å². The lowest BCUT2D eigenvalue weighted by Gasteiger charge is -2.12. The number of esters is 1. The van der Waals surface area contributed by atoms with Crippen LogP contribution in [-0.2, 0) is 9.53 Å². The monoisotopic (exact) mass is 497 g/mol. The van der Waals surface area contributed by atoms with Crippen molar-refractivity contribution in [3.63, 3.8) is 0 Å². The number of cyclic esters (lactones) is 1. The van der Waals surface area contributed by atoms with Gasteiger partial charge in [0.25, 0.3) is 0 Å². The maximum absolute atomic E-state index is 12.5. The minimum atomic E-state index is -0.610. The Morgan fingerprint density at radius 2 is 1.68 bits per heavy atom. The summed E-state index contributed by atoms with van der Waals surface area (Å²) in [4.78, 5) is 17.3. The van der Waals surface area contributed by atoms with Gasteiger partial charge in [-0.25, -0.2) is 9.79 Å². The quantitative estimate of drug-likeness (QED) is 0.308. The van der Waals surface area contributed by atoms with Crippen LogP contribution in [0, 0.1) is 0 Å². The van der Waals surface area contributed by atoms with E-state index in [0.717, 1.165) is 4.70 Å². The van der Waals surface area contributed by atoms with E-state index in [0.29, 0.717) is 48.1 Å². The van der Waals surface area contributed by atoms with Gasteiger partial charge < -0.3 is 18.9 Å². The van der Waals surface area contributed by atoms with E-state index >= 15 is 0 Å². The molecule has 0 fully saturated rings. The molecule has 0 N–H and O–H groups in total. The fourth-order valence-electron chi connectivity index (χ4n) is 3.10. The molecule has 0 spiro atoms. The molecular weight excluding hydrogens is 485 g/mol. The van der Waals surface area contributed by atoms with Gasteiger partial charge in [0.2, 0.25) is 11.6 Å². The number of carbonyl (C=O) groups is 1. The van der Waals surface area contributed by atoms with Crippen LogP contribution in [0.3, 0.4) is 0 Å². The Labute approximate surface area is 196 Å². The Hall–Kier alpha value is -2.45. The number of halogens is 3. The number of hydrogen-bond donors (Lipinski definition) is 0. The first kappa shape index (κ1) is 21.8. The van der Waals surface area contributed by atoms with E-state index < -0.39 is 5.97 Å². The lowest BCUT2D eigenvalue weighted by molar-refractivity contribution is -0.129. The fourth-order valence-corrected chi connectivity index (χ4v) is 5.40. The highest BCUT2D eigenvalue weighted by molar-refractivity contribution is 7.21. The molecule has 0 saturated heterocycles. The number of nitrogens with zero attached hydrogens (tertiary/aromatic N) is 1. The molecule has 0 unspecified atom stereocenters. The zero-order chi connectivity index (χ0) is 22.3. The molecule has 3 aromatic rings. The number of methoxy groups -OCH3 is 3. The maximum Gasteiger partial charge on any atom is 0.363 e. The molecule has 1 aliphatic heterocycles. The molecule has 6 nitrogen and oxygen atoms in total. The second-order valence-corrected chi connectivity index (χ2v) is 8.57. The first-order valence-electron chi connectivity index (χ1n) is 8.76. The molecule has 0 aliphatic carbocycles. The van der Waals surface area contributed by atoms with Crippen LogP contribution in [0.4, 0.5) is 0 Å². The second-order valence-electron chi connectivity index (χ2n) is 6.30. The predicted octanol–water partition coefficient (Wildman–Crippen LogP) is 6.23. The molecule has 0 atom stereocenters. The van der Waals surface area contributed by atoms with Gasteiger partial charge in [-0.05, 0) is 35.9 Å². The van der Waals surface area contributed by atoms with Crippen LogP contribution >= 0.6 is 46.1 Å². The minimum absolute atomic E-state index is 0.0990. The summed E-state index contributed by atoms with van der Waals surface area (Å²) in [5.41, 5.74) is 0.714. The van der Waals surface area contributed by atoms with Crippen molar-refractivity contribution in [3.05, 3.63) is 55.5 Å². The van der Waals surface area contributed by atoms with E-state index in [-0.39, 0.29) is 11.6 Å². The summed E-state index contributed by atoms with van der Waals surface area (Å²) in [6.45, 7) is 0. The molecular formula is C21H14Cl3NO5S. The smallest absolute Gasteiger partial charge is 0.363 e. The Bertz CT molecular complexity index is 1260. The van der Waals surface area contributed by atoms with Crippen molar-refractivity contribution in [3.8, 4) is 17.2 Å². The van der Waals surface area contributed by atoms with Crippen LogP contribution in [0.5, 0.6) is 17.2 Å². The van der Waals surface area contributed by atoms with Crippen LogP contribution in [0.15, 0.2) is 35.0 Å². The molecule has 2 aromatic carbocycles. The highest BCUT2D eigenvalue weighted by atomic mass is 35.5. The van der Waals surface area contributed by atoms with Gasteiger partial charge >= 0.3 is 5.97 Å². The number of carbonyl (C=O) groups excluding carboxylic acids is 1. The van der Waals surface area contributed by atoms with E-state index in [1.807, 2.05) is 0 Å². The fraction of sp³-hybridized carbons (Fsp3) is 0.143. The highest BCUT2D eigenvalue weighted by Gasteiger charge is 2.29. The Morgan fingerprint density at radius 1 is 1.00 bits per heavy atom. The van der Waals surface area contributed by atoms with Crippen molar-refractivity contribution in [2.75, 3.05) is 21.3 Å². The van der Waals surface area contributed by atoms with Gasteiger partial charge in [-0.1, -0.05) is 34.8 Å². The Balaban J connectivity index is 1.78. The number of aliphatic imine (C=N–C) groups is 1. The SMILES string of the molecule is COc1cc(/C=C2\N=C(c3sc4cc(Cl)cc(Cl)c4c3Cl)OC2=O)cc(OC)c1OC. The van der Waals surface area contributed by atoms with E-state index in [4.69, 9.17) is 53.8 Å². The summed E-state index contributed by atoms with van der Waals surface area (Å²) < 4.78 is 22.1. The number of rotatable bonds is 5. The van der Waals surface area contributed by atoms with Gasteiger partial charge in [0.15, 0.2) is 17.2 Å². The van der Waals surface area contributed by atoms with Crippen molar-refractivity contribution >= 4 is 74.2 Å². The first-order valence-corrected chi connectivity index (χ1v) is 10.7. The average Bonchev–Trinajstić information content (AvgIpc) is 3.26.